The maximum Gasteiger partial charge on any atom is 0.416 e. The molecule has 0 aliphatic rings. The number of carboxylic acid groups (broad SMARTS) is 1. The Labute approximate surface area is 148 Å². The average Bonchev–Trinajstić information content (AvgIpc) is 2.56. The van der Waals surface area contributed by atoms with E-state index in [9.17, 15) is 31.2 Å². The number of carbonyl (C=O) groups is 2. The van der Waals surface area contributed by atoms with Crippen molar-refractivity contribution in [3.8, 4) is 0 Å². The summed E-state index contributed by atoms with van der Waals surface area (Å²) < 4.78 is 63.9. The van der Waals surface area contributed by atoms with Crippen LogP contribution in [0.5, 0.6) is 0 Å². The molecule has 146 valence electrons. The van der Waals surface area contributed by atoms with Gasteiger partial charge in [-0.05, 0) is 24.1 Å². The molecule has 0 fully saturated rings. The predicted octanol–water partition coefficient (Wildman–Crippen LogP) is 1.60. The number of benzene rings is 1. The molecule has 0 aliphatic carbocycles. The molecule has 7 nitrogen and oxygen atoms in total. The predicted molar refractivity (Wildman–Crippen MR) is 85.7 cm³/mol. The Bertz CT molecular complexity index is 765. The number of carboxylic acids is 1. The first kappa shape index (κ1) is 21.9. The maximum atomic E-state index is 12.7. The lowest BCUT2D eigenvalue weighted by molar-refractivity contribution is -0.143. The highest BCUT2D eigenvalue weighted by molar-refractivity contribution is 7.89. The van der Waals surface area contributed by atoms with E-state index in [1.54, 1.807) is 13.8 Å². The Morgan fingerprint density at radius 3 is 2.38 bits per heavy atom. The van der Waals surface area contributed by atoms with Crippen molar-refractivity contribution in [3.05, 3.63) is 29.8 Å². The zero-order chi connectivity index (χ0) is 20.1. The molecule has 1 rings (SSSR count). The fourth-order valence-electron chi connectivity index (χ4n) is 1.99. The fourth-order valence-corrected chi connectivity index (χ4v) is 3.02. The van der Waals surface area contributed by atoms with Crippen LogP contribution >= 0.6 is 0 Å². The monoisotopic (exact) mass is 396 g/mol. The molecule has 0 spiro atoms. The van der Waals surface area contributed by atoms with E-state index in [0.29, 0.717) is 12.5 Å². The molecule has 1 aromatic rings. The highest BCUT2D eigenvalue weighted by Gasteiger charge is 2.32. The average molecular weight is 396 g/mol. The molecule has 0 bridgehead atoms. The molecule has 2 atom stereocenters. The van der Waals surface area contributed by atoms with Crippen molar-refractivity contribution in [1.29, 1.82) is 0 Å². The quantitative estimate of drug-likeness (QED) is 0.618. The molecule has 1 aromatic carbocycles. The fraction of sp³-hybridized carbons (Fsp3) is 0.467. The summed E-state index contributed by atoms with van der Waals surface area (Å²) in [7, 11) is -4.38. The second-order valence-corrected chi connectivity index (χ2v) is 7.39. The number of hydrogen-bond donors (Lipinski definition) is 3. The largest absolute Gasteiger partial charge is 0.480 e. The van der Waals surface area contributed by atoms with Crippen molar-refractivity contribution in [2.24, 2.45) is 5.92 Å². The van der Waals surface area contributed by atoms with Gasteiger partial charge in [0, 0.05) is 0 Å². The van der Waals surface area contributed by atoms with Gasteiger partial charge in [-0.1, -0.05) is 26.3 Å². The topological polar surface area (TPSA) is 113 Å². The molecule has 0 unspecified atom stereocenters. The summed E-state index contributed by atoms with van der Waals surface area (Å²) in [4.78, 5) is 22.3. The molecule has 0 radical (unpaired) electrons. The number of nitrogens with one attached hydrogen (secondary N) is 2. The molecule has 0 aliphatic heterocycles. The number of hydrogen-bond acceptors (Lipinski definition) is 4. The van der Waals surface area contributed by atoms with Crippen molar-refractivity contribution in [2.75, 3.05) is 6.54 Å². The minimum absolute atomic E-state index is 0.392. The first-order chi connectivity index (χ1) is 11.9. The third-order valence-electron chi connectivity index (χ3n) is 3.69. The Morgan fingerprint density at radius 1 is 1.27 bits per heavy atom. The van der Waals surface area contributed by atoms with Gasteiger partial charge < -0.3 is 10.4 Å². The van der Waals surface area contributed by atoms with Crippen molar-refractivity contribution in [2.45, 2.75) is 37.4 Å². The van der Waals surface area contributed by atoms with Crippen LogP contribution in [0.4, 0.5) is 13.2 Å². The van der Waals surface area contributed by atoms with Crippen LogP contribution in [0.25, 0.3) is 0 Å². The Kier molecular flexibility index (Phi) is 7.16. The standard InChI is InChI=1S/C15H19F3N2O5S/c1-3-9(2)13(14(22)23)20-12(21)8-19-26(24,25)11-6-4-5-10(7-11)15(16,17)18/h4-7,9,13,19H,3,8H2,1-2H3,(H,20,21)(H,22,23)/t9-,13-/m0/s1. The SMILES string of the molecule is CC[C@H](C)[C@H](NC(=O)CNS(=O)(=O)c1cccc(C(F)(F)F)c1)C(=O)O. The maximum absolute atomic E-state index is 12.7. The number of sulfonamides is 1. The first-order valence-electron chi connectivity index (χ1n) is 7.57. The van der Waals surface area contributed by atoms with Crippen LogP contribution < -0.4 is 10.0 Å². The highest BCUT2D eigenvalue weighted by atomic mass is 32.2. The summed E-state index contributed by atoms with van der Waals surface area (Å²) in [5.41, 5.74) is -1.15. The second-order valence-electron chi connectivity index (χ2n) is 5.62. The molecule has 26 heavy (non-hydrogen) atoms. The molecule has 11 heteroatoms. The zero-order valence-electron chi connectivity index (χ0n) is 14.0. The van der Waals surface area contributed by atoms with Crippen LogP contribution in [0.1, 0.15) is 25.8 Å². The van der Waals surface area contributed by atoms with E-state index >= 15 is 0 Å². The lowest BCUT2D eigenvalue weighted by Crippen LogP contribution is -2.48. The molecule has 0 heterocycles. The number of halogens is 3. The van der Waals surface area contributed by atoms with Crippen LogP contribution in [0.2, 0.25) is 0 Å². The van der Waals surface area contributed by atoms with Gasteiger partial charge in [-0.15, -0.1) is 0 Å². The van der Waals surface area contributed by atoms with Gasteiger partial charge in [0.2, 0.25) is 15.9 Å². The number of carbonyl (C=O) groups excluding carboxylic acids is 1. The van der Waals surface area contributed by atoms with Crippen molar-refractivity contribution >= 4 is 21.9 Å². The zero-order valence-corrected chi connectivity index (χ0v) is 14.8. The van der Waals surface area contributed by atoms with Crippen LogP contribution in [0.3, 0.4) is 0 Å². The van der Waals surface area contributed by atoms with Crippen molar-refractivity contribution in [1.82, 2.24) is 10.0 Å². The van der Waals surface area contributed by atoms with E-state index in [1.165, 1.54) is 0 Å². The van der Waals surface area contributed by atoms with Crippen LogP contribution in [-0.2, 0) is 25.8 Å². The molecule has 0 aromatic heterocycles. The summed E-state index contributed by atoms with van der Waals surface area (Å²) in [5.74, 6) is -2.57. The van der Waals surface area contributed by atoms with E-state index in [4.69, 9.17) is 5.11 Å². The van der Waals surface area contributed by atoms with Gasteiger partial charge in [-0.3, -0.25) is 4.79 Å². The van der Waals surface area contributed by atoms with E-state index in [2.05, 4.69) is 5.32 Å². The van der Waals surface area contributed by atoms with Crippen LogP contribution in [0, 0.1) is 5.92 Å². The minimum Gasteiger partial charge on any atom is -0.480 e. The summed E-state index contributed by atoms with van der Waals surface area (Å²) >= 11 is 0. The third kappa shape index (κ3) is 5.99. The van der Waals surface area contributed by atoms with Crippen LogP contribution in [0.15, 0.2) is 29.2 Å². The van der Waals surface area contributed by atoms with Gasteiger partial charge in [0.05, 0.1) is 17.0 Å². The van der Waals surface area contributed by atoms with Gasteiger partial charge in [0.1, 0.15) is 6.04 Å². The first-order valence-corrected chi connectivity index (χ1v) is 9.06. The summed E-state index contributed by atoms with van der Waals surface area (Å²) in [5, 5.41) is 11.3. The van der Waals surface area contributed by atoms with Crippen molar-refractivity contribution in [3.63, 3.8) is 0 Å². The van der Waals surface area contributed by atoms with E-state index in [1.807, 2.05) is 4.72 Å². The van der Waals surface area contributed by atoms with Gasteiger partial charge in [0.25, 0.3) is 0 Å². The summed E-state index contributed by atoms with van der Waals surface area (Å²) in [6, 6.07) is 1.84. The lowest BCUT2D eigenvalue weighted by Gasteiger charge is -2.20. The Hall–Kier alpha value is -2.14. The van der Waals surface area contributed by atoms with E-state index < -0.39 is 57.0 Å². The molecule has 1 amide bonds. The molecule has 0 saturated carbocycles. The second kappa shape index (κ2) is 8.49. The van der Waals surface area contributed by atoms with Gasteiger partial charge in [-0.2, -0.15) is 13.2 Å². The van der Waals surface area contributed by atoms with Crippen LogP contribution in [-0.4, -0.2) is 38.0 Å². The number of amides is 1. The molecular weight excluding hydrogens is 377 g/mol. The third-order valence-corrected chi connectivity index (χ3v) is 5.09. The van der Waals surface area contributed by atoms with Crippen molar-refractivity contribution < 1.29 is 36.3 Å². The molecular formula is C15H19F3N2O5S. The normalized spacial score (nSPS) is 14.5. The van der Waals surface area contributed by atoms with E-state index in [0.717, 1.165) is 18.2 Å². The molecule has 0 saturated heterocycles. The van der Waals surface area contributed by atoms with Gasteiger partial charge >= 0.3 is 12.1 Å². The van der Waals surface area contributed by atoms with Gasteiger partial charge in [-0.25, -0.2) is 17.9 Å². The van der Waals surface area contributed by atoms with E-state index in [-0.39, 0.29) is 0 Å². The minimum atomic E-state index is -4.71. The van der Waals surface area contributed by atoms with Gasteiger partial charge in [0.15, 0.2) is 0 Å². The Morgan fingerprint density at radius 2 is 1.88 bits per heavy atom. The number of aliphatic carboxylic acids is 1. The number of rotatable bonds is 8. The summed E-state index contributed by atoms with van der Waals surface area (Å²) in [6.45, 7) is 2.52. The lowest BCUT2D eigenvalue weighted by atomic mass is 9.99. The smallest absolute Gasteiger partial charge is 0.416 e. The highest BCUT2D eigenvalue weighted by Crippen LogP contribution is 2.30. The summed E-state index contributed by atoms with van der Waals surface area (Å²) in [6.07, 6.45) is -4.25. The number of alkyl halides is 3. The Balaban J connectivity index is 2.82. The molecule has 3 N–H and O–H groups in total.